The van der Waals surface area contributed by atoms with E-state index in [-0.39, 0.29) is 17.9 Å². The van der Waals surface area contributed by atoms with Gasteiger partial charge in [0, 0.05) is 25.1 Å². The van der Waals surface area contributed by atoms with Crippen molar-refractivity contribution in [2.45, 2.75) is 32.2 Å². The van der Waals surface area contributed by atoms with Gasteiger partial charge in [0.15, 0.2) is 0 Å². The Kier molecular flexibility index (Phi) is 5.10. The van der Waals surface area contributed by atoms with E-state index in [4.69, 9.17) is 0 Å². The molecule has 2 N–H and O–H groups in total. The predicted octanol–water partition coefficient (Wildman–Crippen LogP) is 2.83. The summed E-state index contributed by atoms with van der Waals surface area (Å²) in [7, 11) is 0. The maximum absolute atomic E-state index is 12.6. The summed E-state index contributed by atoms with van der Waals surface area (Å²) in [6.45, 7) is 3.18. The first kappa shape index (κ1) is 18.2. The van der Waals surface area contributed by atoms with Crippen LogP contribution in [0.4, 0.5) is 0 Å². The second-order valence-electron chi connectivity index (χ2n) is 7.36. The fraction of sp³-hybridized carbons (Fsp3) is 0.318. The maximum atomic E-state index is 12.6. The van der Waals surface area contributed by atoms with E-state index in [0.717, 1.165) is 36.2 Å². The highest BCUT2D eigenvalue weighted by molar-refractivity contribution is 5.98. The van der Waals surface area contributed by atoms with Gasteiger partial charge < -0.3 is 15.2 Å². The first-order valence-corrected chi connectivity index (χ1v) is 9.67. The van der Waals surface area contributed by atoms with E-state index in [0.29, 0.717) is 18.5 Å². The Balaban J connectivity index is 1.31. The van der Waals surface area contributed by atoms with E-state index in [9.17, 15) is 9.59 Å². The van der Waals surface area contributed by atoms with E-state index in [2.05, 4.69) is 27.4 Å². The zero-order chi connectivity index (χ0) is 19.5. The van der Waals surface area contributed by atoms with Crippen LogP contribution in [0.15, 0.2) is 48.5 Å². The number of rotatable bonds is 6. The zero-order valence-electron chi connectivity index (χ0n) is 15.9. The monoisotopic (exact) mass is 376 g/mol. The van der Waals surface area contributed by atoms with Crippen molar-refractivity contribution in [3.05, 3.63) is 65.5 Å². The van der Waals surface area contributed by atoms with Gasteiger partial charge in [-0.15, -0.1) is 0 Å². The zero-order valence-corrected chi connectivity index (χ0v) is 15.9. The summed E-state index contributed by atoms with van der Waals surface area (Å²) in [5.41, 5.74) is 3.54. The number of imidazole rings is 1. The van der Waals surface area contributed by atoms with Crippen molar-refractivity contribution in [1.82, 2.24) is 20.2 Å². The number of carbonyl (C=O) groups excluding carboxylic acids is 2. The Morgan fingerprint density at radius 2 is 2.07 bits per heavy atom. The van der Waals surface area contributed by atoms with E-state index in [1.807, 2.05) is 36.1 Å². The molecular weight excluding hydrogens is 352 g/mol. The molecule has 1 fully saturated rings. The largest absolute Gasteiger partial charge is 0.347 e. The van der Waals surface area contributed by atoms with Crippen LogP contribution in [0.1, 0.15) is 34.6 Å². The van der Waals surface area contributed by atoms with Crippen molar-refractivity contribution in [3.63, 3.8) is 0 Å². The molecule has 0 spiro atoms. The summed E-state index contributed by atoms with van der Waals surface area (Å²) in [6.07, 6.45) is 2.24. The van der Waals surface area contributed by atoms with Crippen molar-refractivity contribution in [2.75, 3.05) is 13.1 Å². The fourth-order valence-electron chi connectivity index (χ4n) is 3.75. The molecule has 4 rings (SSSR count). The molecule has 28 heavy (non-hydrogen) atoms. The highest BCUT2D eigenvalue weighted by atomic mass is 16.2. The second kappa shape index (κ2) is 7.84. The third kappa shape index (κ3) is 4.06. The number of aromatic amines is 1. The number of benzene rings is 2. The lowest BCUT2D eigenvalue weighted by Gasteiger charge is -2.17. The number of nitrogens with zero attached hydrogens (tertiary/aromatic N) is 2. The normalized spacial score (nSPS) is 16.7. The topological polar surface area (TPSA) is 78.1 Å². The van der Waals surface area contributed by atoms with Crippen molar-refractivity contribution in [2.24, 2.45) is 0 Å². The summed E-state index contributed by atoms with van der Waals surface area (Å²) in [5, 5.41) is 3.00. The third-order valence-electron chi connectivity index (χ3n) is 5.15. The molecule has 1 saturated heterocycles. The smallest absolute Gasteiger partial charge is 0.251 e. The molecule has 0 radical (unpaired) electrons. The summed E-state index contributed by atoms with van der Waals surface area (Å²) in [5.74, 6) is 0.774. The molecule has 0 bridgehead atoms. The number of likely N-dealkylation sites (tertiary alicyclic amines) is 1. The lowest BCUT2D eigenvalue weighted by molar-refractivity contribution is -0.127. The minimum atomic E-state index is -0.155. The van der Waals surface area contributed by atoms with Gasteiger partial charge >= 0.3 is 0 Å². The predicted molar refractivity (Wildman–Crippen MR) is 108 cm³/mol. The highest BCUT2D eigenvalue weighted by Crippen LogP contribution is 2.16. The number of nitrogens with one attached hydrogen (secondary N) is 2. The molecule has 6 heteroatoms. The van der Waals surface area contributed by atoms with Gasteiger partial charge in [-0.05, 0) is 43.5 Å². The van der Waals surface area contributed by atoms with Crippen LogP contribution in [0.5, 0.6) is 0 Å². The fourth-order valence-corrected chi connectivity index (χ4v) is 3.75. The summed E-state index contributed by atoms with van der Waals surface area (Å²) < 4.78 is 0. The number of H-pyrrole nitrogens is 1. The van der Waals surface area contributed by atoms with E-state index >= 15 is 0 Å². The maximum Gasteiger partial charge on any atom is 0.251 e. The molecule has 3 aromatic rings. The van der Waals surface area contributed by atoms with Gasteiger partial charge in [-0.1, -0.05) is 30.3 Å². The van der Waals surface area contributed by atoms with Crippen LogP contribution in [0.2, 0.25) is 0 Å². The summed E-state index contributed by atoms with van der Waals surface area (Å²) in [6, 6.07) is 15.5. The Morgan fingerprint density at radius 1 is 1.25 bits per heavy atom. The second-order valence-corrected chi connectivity index (χ2v) is 7.36. The van der Waals surface area contributed by atoms with Crippen LogP contribution in [0.3, 0.4) is 0 Å². The van der Waals surface area contributed by atoms with Gasteiger partial charge in [-0.2, -0.15) is 0 Å². The minimum absolute atomic E-state index is 0.109. The Morgan fingerprint density at radius 3 is 2.89 bits per heavy atom. The number of aromatic nitrogens is 2. The average molecular weight is 376 g/mol. The molecule has 0 unspecified atom stereocenters. The van der Waals surface area contributed by atoms with Gasteiger partial charge in [-0.25, -0.2) is 4.98 Å². The van der Waals surface area contributed by atoms with Crippen molar-refractivity contribution >= 4 is 22.8 Å². The van der Waals surface area contributed by atoms with Crippen molar-refractivity contribution in [1.29, 1.82) is 0 Å². The highest BCUT2D eigenvalue weighted by Gasteiger charge is 2.30. The molecule has 144 valence electrons. The lowest BCUT2D eigenvalue weighted by atomic mass is 10.1. The van der Waals surface area contributed by atoms with E-state index in [1.54, 1.807) is 12.1 Å². The summed E-state index contributed by atoms with van der Waals surface area (Å²) >= 11 is 0. The molecule has 0 aliphatic carbocycles. The van der Waals surface area contributed by atoms with E-state index in [1.165, 1.54) is 5.56 Å². The lowest BCUT2D eigenvalue weighted by Crippen LogP contribution is -2.37. The van der Waals surface area contributed by atoms with Gasteiger partial charge in [0.25, 0.3) is 5.91 Å². The van der Waals surface area contributed by atoms with Crippen LogP contribution in [0.25, 0.3) is 11.0 Å². The summed E-state index contributed by atoms with van der Waals surface area (Å²) in [4.78, 5) is 34.2. The number of aryl methyl sites for hydroxylation is 2. The molecular formula is C22H24N4O2. The standard InChI is InChI=1S/C22H24N4O2/c1-15-23-19-10-9-17(12-20(19)24-15)22(28)25-18-13-21(27)26(14-18)11-5-8-16-6-3-2-4-7-16/h2-4,6-7,9-10,12,18H,5,8,11,13-14H2,1H3,(H,23,24)(H,25,28)/t18-/m0/s1. The van der Waals surface area contributed by atoms with E-state index < -0.39 is 0 Å². The quantitative estimate of drug-likeness (QED) is 0.694. The van der Waals surface area contributed by atoms with Crippen LogP contribution >= 0.6 is 0 Å². The van der Waals surface area contributed by atoms with Gasteiger partial charge in [0.1, 0.15) is 5.82 Å². The van der Waals surface area contributed by atoms with Crippen LogP contribution in [-0.4, -0.2) is 45.8 Å². The Bertz CT molecular complexity index is 996. The Labute approximate surface area is 164 Å². The van der Waals surface area contributed by atoms with Crippen LogP contribution in [0, 0.1) is 6.92 Å². The molecule has 1 aromatic heterocycles. The first-order valence-electron chi connectivity index (χ1n) is 9.67. The number of amides is 2. The molecule has 2 heterocycles. The van der Waals surface area contributed by atoms with Crippen LogP contribution < -0.4 is 5.32 Å². The molecule has 6 nitrogen and oxygen atoms in total. The molecule has 0 saturated carbocycles. The molecule has 1 aliphatic heterocycles. The first-order chi connectivity index (χ1) is 13.6. The molecule has 2 aromatic carbocycles. The SMILES string of the molecule is Cc1nc2ccc(C(=O)N[C@H]3CC(=O)N(CCCc4ccccc4)C3)cc2[nH]1. The van der Waals surface area contributed by atoms with Crippen molar-refractivity contribution in [3.8, 4) is 0 Å². The molecule has 1 aliphatic rings. The third-order valence-corrected chi connectivity index (χ3v) is 5.15. The molecule has 2 amide bonds. The number of fused-ring (bicyclic) bond motifs is 1. The number of carbonyl (C=O) groups is 2. The minimum Gasteiger partial charge on any atom is -0.347 e. The number of hydrogen-bond acceptors (Lipinski definition) is 3. The molecule has 1 atom stereocenters. The van der Waals surface area contributed by atoms with Crippen molar-refractivity contribution < 1.29 is 9.59 Å². The number of hydrogen-bond donors (Lipinski definition) is 2. The van der Waals surface area contributed by atoms with Crippen LogP contribution in [-0.2, 0) is 11.2 Å². The average Bonchev–Trinajstić information content (AvgIpc) is 3.23. The Hall–Kier alpha value is -3.15. The van der Waals surface area contributed by atoms with Gasteiger partial charge in [0.2, 0.25) is 5.91 Å². The van der Waals surface area contributed by atoms with Gasteiger partial charge in [0.05, 0.1) is 17.1 Å². The van der Waals surface area contributed by atoms with Gasteiger partial charge in [-0.3, -0.25) is 9.59 Å².